The van der Waals surface area contributed by atoms with E-state index in [0.717, 1.165) is 17.7 Å². The number of hydrogen-bond donors (Lipinski definition) is 1. The number of thiophene rings is 1. The predicted octanol–water partition coefficient (Wildman–Crippen LogP) is 2.32. The van der Waals surface area contributed by atoms with Crippen LogP contribution in [0.3, 0.4) is 0 Å². The zero-order valence-electron chi connectivity index (χ0n) is 13.9. The molecule has 0 saturated carbocycles. The molecule has 1 amide bonds. The topological polar surface area (TPSA) is 72.7 Å². The van der Waals surface area contributed by atoms with E-state index in [0.29, 0.717) is 24.4 Å². The van der Waals surface area contributed by atoms with Gasteiger partial charge in [-0.1, -0.05) is 20.8 Å². The third-order valence-electron chi connectivity index (χ3n) is 4.52. The summed E-state index contributed by atoms with van der Waals surface area (Å²) in [6, 6.07) is 2.08. The number of nitrogens with zero attached hydrogens (tertiary/aromatic N) is 4. The zero-order chi connectivity index (χ0) is 16.4. The van der Waals surface area contributed by atoms with Gasteiger partial charge in [0, 0.05) is 11.4 Å². The summed E-state index contributed by atoms with van der Waals surface area (Å²) in [6.07, 6.45) is 4.79. The van der Waals surface area contributed by atoms with Gasteiger partial charge in [0.2, 0.25) is 0 Å². The lowest BCUT2D eigenvalue weighted by Gasteiger charge is -2.33. The summed E-state index contributed by atoms with van der Waals surface area (Å²) >= 11 is 1.64. The van der Waals surface area contributed by atoms with Crippen LogP contribution in [0.5, 0.6) is 0 Å². The summed E-state index contributed by atoms with van der Waals surface area (Å²) in [5.41, 5.74) is 1.69. The Hall–Kier alpha value is -1.76. The molecule has 0 bridgehead atoms. The van der Waals surface area contributed by atoms with E-state index in [4.69, 9.17) is 0 Å². The van der Waals surface area contributed by atoms with Crippen LogP contribution in [0.15, 0.2) is 12.4 Å². The Morgan fingerprint density at radius 1 is 1.48 bits per heavy atom. The van der Waals surface area contributed by atoms with Crippen LogP contribution in [0, 0.1) is 11.3 Å². The third kappa shape index (κ3) is 3.77. The molecule has 7 heteroatoms. The lowest BCUT2D eigenvalue weighted by molar-refractivity contribution is 0.0955. The van der Waals surface area contributed by atoms with E-state index < -0.39 is 0 Å². The molecule has 124 valence electrons. The molecule has 0 spiro atoms. The summed E-state index contributed by atoms with van der Waals surface area (Å²) in [7, 11) is 0. The molecule has 0 radical (unpaired) electrons. The molecule has 23 heavy (non-hydrogen) atoms. The van der Waals surface area contributed by atoms with Gasteiger partial charge in [0.05, 0.1) is 11.4 Å². The van der Waals surface area contributed by atoms with E-state index in [1.807, 2.05) is 0 Å². The van der Waals surface area contributed by atoms with Gasteiger partial charge in [-0.25, -0.2) is 0 Å². The van der Waals surface area contributed by atoms with Crippen molar-refractivity contribution in [2.75, 3.05) is 6.54 Å². The van der Waals surface area contributed by atoms with Gasteiger partial charge < -0.3 is 5.32 Å². The highest BCUT2D eigenvalue weighted by Gasteiger charge is 2.30. The molecular weight excluding hydrogens is 310 g/mol. The maximum atomic E-state index is 12.3. The molecule has 1 N–H and O–H groups in total. The first-order valence-electron chi connectivity index (χ1n) is 8.04. The normalized spacial score (nSPS) is 17.8. The van der Waals surface area contributed by atoms with Gasteiger partial charge in [-0.3, -0.25) is 4.79 Å². The molecule has 1 aliphatic rings. The van der Waals surface area contributed by atoms with Gasteiger partial charge in [-0.2, -0.15) is 4.80 Å². The molecular formula is C16H23N5OS. The molecule has 0 fully saturated rings. The van der Waals surface area contributed by atoms with Crippen LogP contribution < -0.4 is 5.32 Å². The Labute approximate surface area is 140 Å². The summed E-state index contributed by atoms with van der Waals surface area (Å²) in [6.45, 7) is 7.95. The van der Waals surface area contributed by atoms with Gasteiger partial charge in [0.25, 0.3) is 5.91 Å². The fraction of sp³-hybridized carbons (Fsp3) is 0.625. The highest BCUT2D eigenvalue weighted by Crippen LogP contribution is 2.40. The lowest BCUT2D eigenvalue weighted by Crippen LogP contribution is -2.27. The van der Waals surface area contributed by atoms with E-state index in [1.165, 1.54) is 28.0 Å². The lowest BCUT2D eigenvalue weighted by atomic mass is 9.72. The third-order valence-corrected chi connectivity index (χ3v) is 5.76. The number of fused-ring (bicyclic) bond motifs is 1. The number of nitrogens with one attached hydrogen (secondary N) is 1. The van der Waals surface area contributed by atoms with E-state index in [9.17, 15) is 4.79 Å². The Kier molecular flexibility index (Phi) is 4.48. The average molecular weight is 333 g/mol. The average Bonchev–Trinajstić information content (AvgIpc) is 3.14. The molecule has 2 heterocycles. The van der Waals surface area contributed by atoms with Crippen LogP contribution in [0.4, 0.5) is 0 Å². The number of aryl methyl sites for hydroxylation is 1. The summed E-state index contributed by atoms with van der Waals surface area (Å²) < 4.78 is 0. The van der Waals surface area contributed by atoms with Gasteiger partial charge in [-0.05, 0) is 47.4 Å². The summed E-state index contributed by atoms with van der Waals surface area (Å²) in [5, 5.41) is 14.3. The number of tetrazole rings is 1. The Morgan fingerprint density at radius 3 is 3.00 bits per heavy atom. The second-order valence-electron chi connectivity index (χ2n) is 7.15. The van der Waals surface area contributed by atoms with Crippen LogP contribution >= 0.6 is 11.3 Å². The molecule has 2 aromatic heterocycles. The molecule has 3 rings (SSSR count). The van der Waals surface area contributed by atoms with E-state index in [2.05, 4.69) is 47.6 Å². The van der Waals surface area contributed by atoms with Gasteiger partial charge in [0.15, 0.2) is 6.33 Å². The Balaban J connectivity index is 1.59. The quantitative estimate of drug-likeness (QED) is 0.932. The van der Waals surface area contributed by atoms with Crippen molar-refractivity contribution in [2.24, 2.45) is 11.3 Å². The molecule has 1 atom stereocenters. The first-order chi connectivity index (χ1) is 10.9. The molecule has 1 unspecified atom stereocenters. The van der Waals surface area contributed by atoms with Crippen molar-refractivity contribution >= 4 is 17.2 Å². The number of carbonyl (C=O) groups excluding carboxylic acids is 1. The zero-order valence-corrected chi connectivity index (χ0v) is 14.7. The van der Waals surface area contributed by atoms with Crippen molar-refractivity contribution in [2.45, 2.75) is 46.6 Å². The first kappa shape index (κ1) is 16.1. The second kappa shape index (κ2) is 6.39. The Bertz CT molecular complexity index is 671. The van der Waals surface area contributed by atoms with E-state index in [-0.39, 0.29) is 5.91 Å². The van der Waals surface area contributed by atoms with E-state index >= 15 is 0 Å². The number of carbonyl (C=O) groups is 1. The minimum absolute atomic E-state index is 0.00294. The molecule has 1 aliphatic carbocycles. The summed E-state index contributed by atoms with van der Waals surface area (Å²) in [4.78, 5) is 16.0. The molecule has 0 aromatic carbocycles. The smallest absolute Gasteiger partial charge is 0.261 e. The predicted molar refractivity (Wildman–Crippen MR) is 89.4 cm³/mol. The number of aromatic nitrogens is 4. The largest absolute Gasteiger partial charge is 0.349 e. The number of rotatable bonds is 4. The SMILES string of the molecule is CC(C)(C)C1CCc2sc(C(=O)NCCn3ncnn3)cc2C1. The highest BCUT2D eigenvalue weighted by molar-refractivity contribution is 7.14. The van der Waals surface area contributed by atoms with Crippen molar-refractivity contribution in [3.63, 3.8) is 0 Å². The number of hydrogen-bond acceptors (Lipinski definition) is 5. The second-order valence-corrected chi connectivity index (χ2v) is 8.29. The van der Waals surface area contributed by atoms with E-state index in [1.54, 1.807) is 11.3 Å². The minimum Gasteiger partial charge on any atom is -0.349 e. The fourth-order valence-electron chi connectivity index (χ4n) is 3.02. The van der Waals surface area contributed by atoms with Crippen molar-refractivity contribution in [3.8, 4) is 0 Å². The van der Waals surface area contributed by atoms with Crippen molar-refractivity contribution in [1.29, 1.82) is 0 Å². The maximum Gasteiger partial charge on any atom is 0.261 e. The molecule has 2 aromatic rings. The van der Waals surface area contributed by atoms with Gasteiger partial charge in [-0.15, -0.1) is 21.5 Å². The van der Waals surface area contributed by atoms with Crippen molar-refractivity contribution < 1.29 is 4.79 Å². The first-order valence-corrected chi connectivity index (χ1v) is 8.85. The maximum absolute atomic E-state index is 12.3. The van der Waals surface area contributed by atoms with Crippen molar-refractivity contribution in [1.82, 2.24) is 25.5 Å². The van der Waals surface area contributed by atoms with Crippen LogP contribution in [-0.2, 0) is 19.4 Å². The van der Waals surface area contributed by atoms with Crippen molar-refractivity contribution in [3.05, 3.63) is 27.7 Å². The molecule has 0 aliphatic heterocycles. The Morgan fingerprint density at radius 2 is 2.30 bits per heavy atom. The summed E-state index contributed by atoms with van der Waals surface area (Å²) in [5.74, 6) is 0.690. The van der Waals surface area contributed by atoms with Crippen LogP contribution in [0.25, 0.3) is 0 Å². The standard InChI is InChI=1S/C16H23N5OS/c1-16(2,3)12-4-5-13-11(8-12)9-14(23-13)15(22)17-6-7-21-19-10-18-20-21/h9-10,12H,4-8H2,1-3H3,(H,17,22). The molecule has 0 saturated heterocycles. The monoisotopic (exact) mass is 333 g/mol. The highest BCUT2D eigenvalue weighted by atomic mass is 32.1. The minimum atomic E-state index is -0.00294. The molecule has 6 nitrogen and oxygen atoms in total. The fourth-order valence-corrected chi connectivity index (χ4v) is 4.15. The van der Waals surface area contributed by atoms with Crippen LogP contribution in [-0.4, -0.2) is 32.7 Å². The van der Waals surface area contributed by atoms with Gasteiger partial charge >= 0.3 is 0 Å². The van der Waals surface area contributed by atoms with Gasteiger partial charge in [0.1, 0.15) is 0 Å². The van der Waals surface area contributed by atoms with Crippen LogP contribution in [0.1, 0.15) is 47.3 Å². The number of amides is 1. The van der Waals surface area contributed by atoms with Crippen LogP contribution in [0.2, 0.25) is 0 Å².